The van der Waals surface area contributed by atoms with Crippen molar-refractivity contribution in [2.24, 2.45) is 0 Å². The summed E-state index contributed by atoms with van der Waals surface area (Å²) in [5.74, 6) is 0.872. The maximum atomic E-state index is 12.4. The summed E-state index contributed by atoms with van der Waals surface area (Å²) in [7, 11) is 2.89. The van der Waals surface area contributed by atoms with Crippen LogP contribution in [-0.2, 0) is 0 Å². The molecule has 0 spiro atoms. The highest BCUT2D eigenvalue weighted by molar-refractivity contribution is 6.39. The standard InChI is InChI=1S/C17H14Cl2N4O3/c1-25-11-8-12(26-2)15(19)16(14(11)18)23-13(24)6-5-10(22-23)9-4-3-7-21-17(9)20/h3-8H,1-2H3,(H2,20,21). The lowest BCUT2D eigenvalue weighted by Gasteiger charge is -2.15. The van der Waals surface area contributed by atoms with Crippen LogP contribution in [0.4, 0.5) is 5.82 Å². The van der Waals surface area contributed by atoms with Crippen LogP contribution in [0.3, 0.4) is 0 Å². The van der Waals surface area contributed by atoms with Gasteiger partial charge in [-0.25, -0.2) is 4.98 Å². The van der Waals surface area contributed by atoms with Gasteiger partial charge >= 0.3 is 0 Å². The van der Waals surface area contributed by atoms with E-state index in [2.05, 4.69) is 10.1 Å². The third kappa shape index (κ3) is 3.07. The molecule has 2 heterocycles. The zero-order chi connectivity index (χ0) is 18.8. The molecule has 3 aromatic rings. The predicted octanol–water partition coefficient (Wildman–Crippen LogP) is 3.20. The van der Waals surface area contributed by atoms with Gasteiger partial charge in [-0.1, -0.05) is 23.2 Å². The van der Waals surface area contributed by atoms with Crippen LogP contribution in [0.5, 0.6) is 11.5 Å². The summed E-state index contributed by atoms with van der Waals surface area (Å²) in [6.45, 7) is 0. The van der Waals surface area contributed by atoms with E-state index in [-0.39, 0.29) is 21.6 Å². The van der Waals surface area contributed by atoms with Gasteiger partial charge in [-0.15, -0.1) is 0 Å². The van der Waals surface area contributed by atoms with E-state index in [0.717, 1.165) is 4.68 Å². The Morgan fingerprint density at radius 2 is 1.73 bits per heavy atom. The van der Waals surface area contributed by atoms with Crippen molar-refractivity contribution in [1.29, 1.82) is 0 Å². The number of pyridine rings is 1. The van der Waals surface area contributed by atoms with Gasteiger partial charge in [-0.3, -0.25) is 4.79 Å². The lowest BCUT2D eigenvalue weighted by Crippen LogP contribution is -2.21. The molecular formula is C17H14Cl2N4O3. The van der Waals surface area contributed by atoms with Gasteiger partial charge in [0.25, 0.3) is 5.56 Å². The molecule has 1 aromatic carbocycles. The van der Waals surface area contributed by atoms with Crippen LogP contribution in [-0.4, -0.2) is 29.0 Å². The van der Waals surface area contributed by atoms with Crippen molar-refractivity contribution in [3.8, 4) is 28.4 Å². The molecule has 0 aliphatic rings. The molecule has 134 valence electrons. The molecule has 26 heavy (non-hydrogen) atoms. The Balaban J connectivity index is 2.30. The molecule has 2 N–H and O–H groups in total. The monoisotopic (exact) mass is 392 g/mol. The summed E-state index contributed by atoms with van der Waals surface area (Å²) >= 11 is 12.8. The van der Waals surface area contributed by atoms with Crippen LogP contribution < -0.4 is 20.8 Å². The minimum atomic E-state index is -0.435. The van der Waals surface area contributed by atoms with E-state index < -0.39 is 5.56 Å². The Hall–Kier alpha value is -2.77. The molecule has 0 unspecified atom stereocenters. The molecule has 9 heteroatoms. The van der Waals surface area contributed by atoms with E-state index in [9.17, 15) is 4.79 Å². The molecule has 0 aliphatic carbocycles. The minimum Gasteiger partial charge on any atom is -0.495 e. The van der Waals surface area contributed by atoms with Gasteiger partial charge in [0.1, 0.15) is 33.0 Å². The number of halogens is 2. The molecule has 0 bridgehead atoms. The molecule has 0 fully saturated rings. The Morgan fingerprint density at radius 3 is 2.31 bits per heavy atom. The Kier molecular flexibility index (Phi) is 5.01. The molecule has 0 saturated heterocycles. The minimum absolute atomic E-state index is 0.129. The summed E-state index contributed by atoms with van der Waals surface area (Å²) < 4.78 is 11.6. The predicted molar refractivity (Wildman–Crippen MR) is 101 cm³/mol. The van der Waals surface area contributed by atoms with Crippen molar-refractivity contribution in [2.45, 2.75) is 0 Å². The van der Waals surface area contributed by atoms with Crippen molar-refractivity contribution in [3.05, 3.63) is 56.9 Å². The second-order valence-electron chi connectivity index (χ2n) is 5.16. The van der Waals surface area contributed by atoms with Crippen LogP contribution in [0.15, 0.2) is 41.3 Å². The Labute approximate surface area is 158 Å². The van der Waals surface area contributed by atoms with Crippen LogP contribution in [0.1, 0.15) is 0 Å². The fourth-order valence-corrected chi connectivity index (χ4v) is 3.07. The molecule has 0 atom stereocenters. The average molecular weight is 393 g/mol. The summed E-state index contributed by atoms with van der Waals surface area (Å²) in [5, 5.41) is 4.61. The fourth-order valence-electron chi connectivity index (χ4n) is 2.41. The number of anilines is 1. The number of nitrogen functional groups attached to an aromatic ring is 1. The molecule has 0 aliphatic heterocycles. The number of rotatable bonds is 4. The zero-order valence-electron chi connectivity index (χ0n) is 13.9. The SMILES string of the molecule is COc1cc(OC)c(Cl)c(-n2nc(-c3cccnc3N)ccc2=O)c1Cl. The number of nitrogens with zero attached hydrogens (tertiary/aromatic N) is 3. The maximum Gasteiger partial charge on any atom is 0.271 e. The van der Waals surface area contributed by atoms with Crippen LogP contribution >= 0.6 is 23.2 Å². The Bertz CT molecular complexity index is 1010. The first-order chi connectivity index (χ1) is 12.5. The average Bonchev–Trinajstić information content (AvgIpc) is 2.64. The molecular weight excluding hydrogens is 379 g/mol. The molecule has 0 radical (unpaired) electrons. The number of nitrogens with two attached hydrogens (primary N) is 1. The topological polar surface area (TPSA) is 92.3 Å². The molecule has 7 nitrogen and oxygen atoms in total. The third-order valence-electron chi connectivity index (χ3n) is 3.68. The van der Waals surface area contributed by atoms with E-state index in [0.29, 0.717) is 22.8 Å². The number of aromatic nitrogens is 3. The highest BCUT2D eigenvalue weighted by Gasteiger charge is 2.21. The first-order valence-corrected chi connectivity index (χ1v) is 8.15. The quantitative estimate of drug-likeness (QED) is 0.732. The highest BCUT2D eigenvalue weighted by Crippen LogP contribution is 2.42. The van der Waals surface area contributed by atoms with Crippen molar-refractivity contribution in [2.75, 3.05) is 20.0 Å². The second kappa shape index (κ2) is 7.23. The van der Waals surface area contributed by atoms with Gasteiger partial charge in [0.05, 0.1) is 19.9 Å². The van der Waals surface area contributed by atoms with Gasteiger partial charge in [0.15, 0.2) is 0 Å². The number of benzene rings is 1. The second-order valence-corrected chi connectivity index (χ2v) is 5.92. The van der Waals surface area contributed by atoms with Crippen LogP contribution in [0.25, 0.3) is 16.9 Å². The molecule has 0 amide bonds. The van der Waals surface area contributed by atoms with E-state index in [1.54, 1.807) is 24.4 Å². The van der Waals surface area contributed by atoms with Crippen molar-refractivity contribution in [3.63, 3.8) is 0 Å². The van der Waals surface area contributed by atoms with Gasteiger partial charge in [-0.05, 0) is 18.2 Å². The van der Waals surface area contributed by atoms with Crippen molar-refractivity contribution in [1.82, 2.24) is 14.8 Å². The van der Waals surface area contributed by atoms with Gasteiger partial charge in [-0.2, -0.15) is 9.78 Å². The van der Waals surface area contributed by atoms with E-state index >= 15 is 0 Å². The van der Waals surface area contributed by atoms with Gasteiger partial charge in [0.2, 0.25) is 0 Å². The van der Waals surface area contributed by atoms with E-state index in [1.165, 1.54) is 26.4 Å². The van der Waals surface area contributed by atoms with E-state index in [4.69, 9.17) is 38.4 Å². The van der Waals surface area contributed by atoms with Gasteiger partial charge in [0, 0.05) is 23.9 Å². The fraction of sp³-hybridized carbons (Fsp3) is 0.118. The summed E-state index contributed by atoms with van der Waals surface area (Å²) in [6, 6.07) is 7.88. The summed E-state index contributed by atoms with van der Waals surface area (Å²) in [4.78, 5) is 16.5. The summed E-state index contributed by atoms with van der Waals surface area (Å²) in [5.41, 5.74) is 6.62. The molecule has 3 rings (SSSR count). The van der Waals surface area contributed by atoms with E-state index in [1.807, 2.05) is 0 Å². The molecule has 0 saturated carbocycles. The highest BCUT2D eigenvalue weighted by atomic mass is 35.5. The lowest BCUT2D eigenvalue weighted by molar-refractivity contribution is 0.394. The summed E-state index contributed by atoms with van der Waals surface area (Å²) in [6.07, 6.45) is 1.56. The number of methoxy groups -OCH3 is 2. The van der Waals surface area contributed by atoms with Crippen molar-refractivity contribution < 1.29 is 9.47 Å². The van der Waals surface area contributed by atoms with Crippen LogP contribution in [0, 0.1) is 0 Å². The maximum absolute atomic E-state index is 12.4. The van der Waals surface area contributed by atoms with Gasteiger partial charge < -0.3 is 15.2 Å². The Morgan fingerprint density at radius 1 is 1.08 bits per heavy atom. The largest absolute Gasteiger partial charge is 0.495 e. The normalized spacial score (nSPS) is 10.6. The third-order valence-corrected chi connectivity index (χ3v) is 4.41. The first-order valence-electron chi connectivity index (χ1n) is 7.39. The smallest absolute Gasteiger partial charge is 0.271 e. The lowest BCUT2D eigenvalue weighted by atomic mass is 10.2. The number of hydrogen-bond donors (Lipinski definition) is 1. The van der Waals surface area contributed by atoms with Crippen LogP contribution in [0.2, 0.25) is 10.0 Å². The number of hydrogen-bond acceptors (Lipinski definition) is 6. The zero-order valence-corrected chi connectivity index (χ0v) is 15.4. The van der Waals surface area contributed by atoms with Crippen molar-refractivity contribution >= 4 is 29.0 Å². The first kappa shape index (κ1) is 18.0. The molecule has 2 aromatic heterocycles. The number of ether oxygens (including phenoxy) is 2.